The minimum absolute atomic E-state index is 0.0278. The van der Waals surface area contributed by atoms with Crippen molar-refractivity contribution in [1.29, 1.82) is 0 Å². The molecule has 4 nitrogen and oxygen atoms in total. The SMILES string of the molecule is O=C(CN[C@@H]1CCCNC1)N1CCc2ccccc2C1c1ccc(C(F)(F)F)cc1. The van der Waals surface area contributed by atoms with Gasteiger partial charge in [-0.15, -0.1) is 0 Å². The molecular formula is C23H26F3N3O. The number of hydrogen-bond acceptors (Lipinski definition) is 3. The number of nitrogens with zero attached hydrogens (tertiary/aromatic N) is 1. The first-order valence-corrected chi connectivity index (χ1v) is 10.4. The summed E-state index contributed by atoms with van der Waals surface area (Å²) in [4.78, 5) is 14.9. The van der Waals surface area contributed by atoms with Gasteiger partial charge in [0.15, 0.2) is 0 Å². The first-order chi connectivity index (χ1) is 14.4. The third kappa shape index (κ3) is 4.52. The predicted octanol–water partition coefficient (Wildman–Crippen LogP) is 3.52. The minimum Gasteiger partial charge on any atom is -0.330 e. The molecule has 0 radical (unpaired) electrons. The maximum Gasteiger partial charge on any atom is 0.416 e. The molecule has 1 saturated heterocycles. The van der Waals surface area contributed by atoms with Crippen LogP contribution in [-0.2, 0) is 17.4 Å². The number of carbonyl (C=O) groups excluding carboxylic acids is 1. The van der Waals surface area contributed by atoms with Gasteiger partial charge in [-0.25, -0.2) is 0 Å². The van der Waals surface area contributed by atoms with Gasteiger partial charge in [0, 0.05) is 19.1 Å². The largest absolute Gasteiger partial charge is 0.416 e. The fraction of sp³-hybridized carbons (Fsp3) is 0.435. The van der Waals surface area contributed by atoms with E-state index in [0.717, 1.165) is 55.6 Å². The van der Waals surface area contributed by atoms with E-state index in [-0.39, 0.29) is 24.5 Å². The monoisotopic (exact) mass is 417 g/mol. The number of alkyl halides is 3. The maximum absolute atomic E-state index is 13.1. The first kappa shape index (κ1) is 20.9. The molecule has 0 bridgehead atoms. The van der Waals surface area contributed by atoms with Gasteiger partial charge in [0.05, 0.1) is 18.2 Å². The summed E-state index contributed by atoms with van der Waals surface area (Å²) in [7, 11) is 0. The van der Waals surface area contributed by atoms with E-state index in [1.54, 1.807) is 4.90 Å². The molecule has 160 valence electrons. The molecule has 4 rings (SSSR count). The molecule has 30 heavy (non-hydrogen) atoms. The Balaban J connectivity index is 1.58. The third-order valence-corrected chi connectivity index (χ3v) is 6.00. The van der Waals surface area contributed by atoms with Crippen LogP contribution >= 0.6 is 0 Å². The zero-order valence-electron chi connectivity index (χ0n) is 16.7. The van der Waals surface area contributed by atoms with Crippen molar-refractivity contribution < 1.29 is 18.0 Å². The van der Waals surface area contributed by atoms with Crippen molar-refractivity contribution >= 4 is 5.91 Å². The van der Waals surface area contributed by atoms with Crippen LogP contribution in [0.4, 0.5) is 13.2 Å². The summed E-state index contributed by atoms with van der Waals surface area (Å²) in [5, 5.41) is 6.67. The Bertz CT molecular complexity index is 876. The molecule has 0 aromatic heterocycles. The topological polar surface area (TPSA) is 44.4 Å². The average Bonchev–Trinajstić information content (AvgIpc) is 2.77. The smallest absolute Gasteiger partial charge is 0.330 e. The lowest BCUT2D eigenvalue weighted by Gasteiger charge is -2.38. The summed E-state index contributed by atoms with van der Waals surface area (Å²) in [5.74, 6) is -0.0278. The summed E-state index contributed by atoms with van der Waals surface area (Å²) >= 11 is 0. The van der Waals surface area contributed by atoms with Crippen molar-refractivity contribution in [2.45, 2.75) is 37.5 Å². The zero-order valence-corrected chi connectivity index (χ0v) is 16.7. The molecule has 1 unspecified atom stereocenters. The molecule has 2 aromatic carbocycles. The number of fused-ring (bicyclic) bond motifs is 1. The molecule has 0 saturated carbocycles. The van der Waals surface area contributed by atoms with Crippen molar-refractivity contribution in [3.05, 3.63) is 70.8 Å². The summed E-state index contributed by atoms with van der Waals surface area (Å²) in [5.41, 5.74) is 2.13. The normalized spacial score (nSPS) is 21.9. The second kappa shape index (κ2) is 8.78. The average molecular weight is 417 g/mol. The lowest BCUT2D eigenvalue weighted by Crippen LogP contribution is -2.49. The van der Waals surface area contributed by atoms with Crippen molar-refractivity contribution in [2.75, 3.05) is 26.2 Å². The Kier molecular flexibility index (Phi) is 6.11. The van der Waals surface area contributed by atoms with Crippen LogP contribution in [0.3, 0.4) is 0 Å². The van der Waals surface area contributed by atoms with E-state index in [1.165, 1.54) is 12.1 Å². The lowest BCUT2D eigenvalue weighted by atomic mass is 9.87. The fourth-order valence-electron chi connectivity index (χ4n) is 4.41. The van der Waals surface area contributed by atoms with Crippen LogP contribution in [0, 0.1) is 0 Å². The summed E-state index contributed by atoms with van der Waals surface area (Å²) in [6.07, 6.45) is -1.52. The quantitative estimate of drug-likeness (QED) is 0.800. The molecule has 2 heterocycles. The van der Waals surface area contributed by atoms with E-state index in [2.05, 4.69) is 10.6 Å². The Labute approximate surface area is 174 Å². The van der Waals surface area contributed by atoms with Gasteiger partial charge in [-0.3, -0.25) is 4.79 Å². The van der Waals surface area contributed by atoms with Gasteiger partial charge in [-0.1, -0.05) is 36.4 Å². The Morgan fingerprint density at radius 2 is 1.90 bits per heavy atom. The standard InChI is InChI=1S/C23H26F3N3O/c24-23(25,26)18-9-7-17(8-10-18)22-20-6-2-1-4-16(20)11-13-29(22)21(30)15-28-19-5-3-12-27-14-19/h1-2,4,6-10,19,22,27-28H,3,5,11-15H2/t19-,22?/m1/s1. The predicted molar refractivity (Wildman–Crippen MR) is 109 cm³/mol. The number of rotatable bonds is 4. The number of hydrogen-bond donors (Lipinski definition) is 2. The molecule has 2 N–H and O–H groups in total. The zero-order chi connectivity index (χ0) is 21.1. The van der Waals surface area contributed by atoms with Gasteiger partial charge in [-0.05, 0) is 54.6 Å². The first-order valence-electron chi connectivity index (χ1n) is 10.4. The van der Waals surface area contributed by atoms with Crippen LogP contribution in [0.1, 0.15) is 41.1 Å². The van der Waals surface area contributed by atoms with Crippen molar-refractivity contribution in [1.82, 2.24) is 15.5 Å². The van der Waals surface area contributed by atoms with Crippen LogP contribution < -0.4 is 10.6 Å². The molecule has 2 atom stereocenters. The van der Waals surface area contributed by atoms with E-state index in [0.29, 0.717) is 12.1 Å². The second-order valence-corrected chi connectivity index (χ2v) is 7.98. The maximum atomic E-state index is 13.1. The molecule has 0 spiro atoms. The molecule has 7 heteroatoms. The number of amides is 1. The molecule has 2 aliphatic heterocycles. The molecule has 2 aliphatic rings. The van der Waals surface area contributed by atoms with E-state index < -0.39 is 11.7 Å². The highest BCUT2D eigenvalue weighted by Crippen LogP contribution is 2.37. The molecular weight excluding hydrogens is 391 g/mol. The Hall–Kier alpha value is -2.38. The minimum atomic E-state index is -4.38. The summed E-state index contributed by atoms with van der Waals surface area (Å²) in [6, 6.07) is 12.9. The van der Waals surface area contributed by atoms with Crippen LogP contribution in [0.2, 0.25) is 0 Å². The van der Waals surface area contributed by atoms with E-state index >= 15 is 0 Å². The van der Waals surface area contributed by atoms with Gasteiger partial charge < -0.3 is 15.5 Å². The van der Waals surface area contributed by atoms with E-state index in [1.807, 2.05) is 24.3 Å². The van der Waals surface area contributed by atoms with Crippen LogP contribution in [0.15, 0.2) is 48.5 Å². The van der Waals surface area contributed by atoms with E-state index in [9.17, 15) is 18.0 Å². The Morgan fingerprint density at radius 3 is 2.60 bits per heavy atom. The summed E-state index contributed by atoms with van der Waals surface area (Å²) < 4.78 is 39.0. The fourth-order valence-corrected chi connectivity index (χ4v) is 4.41. The Morgan fingerprint density at radius 1 is 1.13 bits per heavy atom. The summed E-state index contributed by atoms with van der Waals surface area (Å²) in [6.45, 7) is 2.63. The number of benzene rings is 2. The second-order valence-electron chi connectivity index (χ2n) is 7.98. The molecule has 1 amide bonds. The highest BCUT2D eigenvalue weighted by molar-refractivity contribution is 5.80. The van der Waals surface area contributed by atoms with Crippen molar-refractivity contribution in [2.24, 2.45) is 0 Å². The number of carbonyl (C=O) groups is 1. The highest BCUT2D eigenvalue weighted by Gasteiger charge is 2.34. The van der Waals surface area contributed by atoms with Crippen molar-refractivity contribution in [3.63, 3.8) is 0 Å². The highest BCUT2D eigenvalue weighted by atomic mass is 19.4. The van der Waals surface area contributed by atoms with Gasteiger partial charge in [0.1, 0.15) is 0 Å². The lowest BCUT2D eigenvalue weighted by molar-refractivity contribution is -0.137. The molecule has 2 aromatic rings. The van der Waals surface area contributed by atoms with Crippen LogP contribution in [0.25, 0.3) is 0 Å². The number of piperidine rings is 1. The van der Waals surface area contributed by atoms with Gasteiger partial charge in [-0.2, -0.15) is 13.2 Å². The third-order valence-electron chi connectivity index (χ3n) is 6.00. The van der Waals surface area contributed by atoms with Gasteiger partial charge in [0.2, 0.25) is 5.91 Å². The molecule has 0 aliphatic carbocycles. The van der Waals surface area contributed by atoms with Gasteiger partial charge >= 0.3 is 6.18 Å². The van der Waals surface area contributed by atoms with E-state index in [4.69, 9.17) is 0 Å². The van der Waals surface area contributed by atoms with Crippen LogP contribution in [0.5, 0.6) is 0 Å². The molecule has 1 fully saturated rings. The number of halogens is 3. The van der Waals surface area contributed by atoms with Crippen LogP contribution in [-0.4, -0.2) is 43.0 Å². The van der Waals surface area contributed by atoms with Crippen molar-refractivity contribution in [3.8, 4) is 0 Å². The number of nitrogens with one attached hydrogen (secondary N) is 2. The van der Waals surface area contributed by atoms with Gasteiger partial charge in [0.25, 0.3) is 0 Å².